The van der Waals surface area contributed by atoms with E-state index in [-0.39, 0.29) is 11.3 Å². The summed E-state index contributed by atoms with van der Waals surface area (Å²) in [6, 6.07) is 3.85. The zero-order chi connectivity index (χ0) is 24.8. The van der Waals surface area contributed by atoms with Gasteiger partial charge < -0.3 is 9.09 Å². The number of alkyl halides is 3. The fourth-order valence-corrected chi connectivity index (χ4v) is 6.20. The average molecular weight is 511 g/mol. The monoisotopic (exact) mass is 510 g/mol. The predicted molar refractivity (Wildman–Crippen MR) is 118 cm³/mol. The van der Waals surface area contributed by atoms with Crippen LogP contribution in [0.25, 0.3) is 11.4 Å². The molecule has 0 aliphatic heterocycles. The number of hydrogen-bond donors (Lipinski definition) is 1. The Kier molecular flexibility index (Phi) is 6.16. The fourth-order valence-electron chi connectivity index (χ4n) is 4.62. The van der Waals surface area contributed by atoms with E-state index >= 15 is 0 Å². The van der Waals surface area contributed by atoms with E-state index in [0.29, 0.717) is 54.4 Å². The zero-order valence-corrected chi connectivity index (χ0v) is 19.8. The van der Waals surface area contributed by atoms with Crippen molar-refractivity contribution in [2.24, 2.45) is 0 Å². The molecule has 35 heavy (non-hydrogen) atoms. The number of benzene rings is 1. The molecule has 1 aromatic carbocycles. The molecule has 2 heterocycles. The Morgan fingerprint density at radius 1 is 1.20 bits per heavy atom. The normalized spacial score (nSPS) is 21.4. The van der Waals surface area contributed by atoms with Gasteiger partial charge in [-0.05, 0) is 68.7 Å². The highest BCUT2D eigenvalue weighted by molar-refractivity contribution is 7.89. The summed E-state index contributed by atoms with van der Waals surface area (Å²) in [6.07, 6.45) is 0.765. The van der Waals surface area contributed by atoms with Crippen LogP contribution in [0, 0.1) is 0 Å². The van der Waals surface area contributed by atoms with Gasteiger partial charge in [-0.2, -0.15) is 18.2 Å². The number of aryl methyl sites for hydroxylation is 1. The Hall–Kier alpha value is -2.80. The van der Waals surface area contributed by atoms with E-state index in [4.69, 9.17) is 4.52 Å². The van der Waals surface area contributed by atoms with Crippen molar-refractivity contribution in [1.29, 1.82) is 0 Å². The van der Waals surface area contributed by atoms with E-state index in [9.17, 15) is 21.6 Å². The molecular weight excluding hydrogens is 485 g/mol. The van der Waals surface area contributed by atoms with Gasteiger partial charge in [0.2, 0.25) is 27.6 Å². The zero-order valence-electron chi connectivity index (χ0n) is 19.0. The topological polar surface area (TPSA) is 116 Å². The molecule has 2 atom stereocenters. The van der Waals surface area contributed by atoms with Gasteiger partial charge in [0.1, 0.15) is 6.33 Å². The summed E-state index contributed by atoms with van der Waals surface area (Å²) in [5.41, 5.74) is 1.26. The second-order valence-corrected chi connectivity index (χ2v) is 10.8. The molecule has 0 spiro atoms. The SMILES string of the molecule is CCc1cc(-c2noc(C3CC3)n2)ccc1S(=O)(=O)NC1CCCC(n2cnnc2C(F)(F)F)C1. The van der Waals surface area contributed by atoms with Crippen LogP contribution in [-0.4, -0.2) is 39.4 Å². The van der Waals surface area contributed by atoms with Gasteiger partial charge in [0.05, 0.1) is 4.90 Å². The first-order valence-electron chi connectivity index (χ1n) is 11.6. The van der Waals surface area contributed by atoms with Gasteiger partial charge in [0.25, 0.3) is 0 Å². The van der Waals surface area contributed by atoms with E-state index in [2.05, 4.69) is 25.1 Å². The van der Waals surface area contributed by atoms with E-state index < -0.39 is 34.1 Å². The summed E-state index contributed by atoms with van der Waals surface area (Å²) in [5.74, 6) is 0.268. The molecule has 13 heteroatoms. The smallest absolute Gasteiger partial charge is 0.339 e. The predicted octanol–water partition coefficient (Wildman–Crippen LogP) is 4.25. The third-order valence-corrected chi connectivity index (χ3v) is 8.17. The summed E-state index contributed by atoms with van der Waals surface area (Å²) in [4.78, 5) is 4.56. The minimum atomic E-state index is -4.63. The van der Waals surface area contributed by atoms with Crippen LogP contribution < -0.4 is 4.72 Å². The van der Waals surface area contributed by atoms with Gasteiger partial charge in [-0.15, -0.1) is 10.2 Å². The Bertz CT molecular complexity index is 1320. The van der Waals surface area contributed by atoms with Crippen LogP contribution >= 0.6 is 0 Å². The molecule has 2 aliphatic carbocycles. The Labute approximate surface area is 200 Å². The molecule has 0 radical (unpaired) electrons. The Morgan fingerprint density at radius 2 is 2.00 bits per heavy atom. The van der Waals surface area contributed by atoms with E-state index in [1.165, 1.54) is 6.07 Å². The number of aromatic nitrogens is 5. The van der Waals surface area contributed by atoms with Crippen LogP contribution in [0.3, 0.4) is 0 Å². The quantitative estimate of drug-likeness (QED) is 0.505. The largest absolute Gasteiger partial charge is 0.451 e. The maximum atomic E-state index is 13.3. The Balaban J connectivity index is 1.34. The third kappa shape index (κ3) is 4.96. The summed E-state index contributed by atoms with van der Waals surface area (Å²) in [6.45, 7) is 1.85. The van der Waals surface area contributed by atoms with Crippen molar-refractivity contribution in [2.45, 2.75) is 80.9 Å². The maximum Gasteiger partial charge on any atom is 0.451 e. The number of nitrogens with zero attached hydrogens (tertiary/aromatic N) is 5. The van der Waals surface area contributed by atoms with Crippen molar-refractivity contribution >= 4 is 10.0 Å². The average Bonchev–Trinajstić information content (AvgIpc) is 3.32. The lowest BCUT2D eigenvalue weighted by atomic mass is 9.91. The minimum Gasteiger partial charge on any atom is -0.339 e. The molecule has 0 bridgehead atoms. The van der Waals surface area contributed by atoms with E-state index in [0.717, 1.165) is 23.7 Å². The molecule has 5 rings (SSSR count). The van der Waals surface area contributed by atoms with E-state index in [1.54, 1.807) is 12.1 Å². The van der Waals surface area contributed by atoms with Crippen molar-refractivity contribution in [3.8, 4) is 11.4 Å². The van der Waals surface area contributed by atoms with Crippen molar-refractivity contribution in [2.75, 3.05) is 0 Å². The van der Waals surface area contributed by atoms with Crippen molar-refractivity contribution in [1.82, 2.24) is 29.6 Å². The highest BCUT2D eigenvalue weighted by atomic mass is 32.2. The van der Waals surface area contributed by atoms with Crippen LogP contribution in [0.5, 0.6) is 0 Å². The molecule has 2 saturated carbocycles. The highest BCUT2D eigenvalue weighted by Crippen LogP contribution is 2.40. The van der Waals surface area contributed by atoms with Crippen LogP contribution in [-0.2, 0) is 22.6 Å². The molecular formula is C22H25F3N6O3S. The van der Waals surface area contributed by atoms with Gasteiger partial charge >= 0.3 is 6.18 Å². The van der Waals surface area contributed by atoms with Crippen LogP contribution in [0.1, 0.15) is 74.7 Å². The van der Waals surface area contributed by atoms with Gasteiger partial charge in [0.15, 0.2) is 0 Å². The van der Waals surface area contributed by atoms with Crippen molar-refractivity contribution in [3.63, 3.8) is 0 Å². The summed E-state index contributed by atoms with van der Waals surface area (Å²) >= 11 is 0. The molecule has 0 amide bonds. The van der Waals surface area contributed by atoms with Crippen LogP contribution in [0.2, 0.25) is 0 Å². The maximum absolute atomic E-state index is 13.3. The highest BCUT2D eigenvalue weighted by Gasteiger charge is 2.40. The first-order chi connectivity index (χ1) is 16.7. The summed E-state index contributed by atoms with van der Waals surface area (Å²) in [5, 5.41) is 10.7. The van der Waals surface area contributed by atoms with Crippen LogP contribution in [0.4, 0.5) is 13.2 Å². The first kappa shape index (κ1) is 23.9. The number of nitrogens with one attached hydrogen (secondary N) is 1. The molecule has 2 aromatic heterocycles. The Morgan fingerprint density at radius 3 is 2.71 bits per heavy atom. The van der Waals surface area contributed by atoms with Gasteiger partial charge in [-0.1, -0.05) is 12.1 Å². The van der Waals surface area contributed by atoms with Crippen molar-refractivity contribution in [3.05, 3.63) is 41.8 Å². The summed E-state index contributed by atoms with van der Waals surface area (Å²) in [7, 11) is -3.91. The number of rotatable bonds is 7. The lowest BCUT2D eigenvalue weighted by Gasteiger charge is -2.31. The van der Waals surface area contributed by atoms with Gasteiger partial charge in [0, 0.05) is 23.6 Å². The van der Waals surface area contributed by atoms with Crippen molar-refractivity contribution < 1.29 is 26.1 Å². The van der Waals surface area contributed by atoms with Gasteiger partial charge in [-0.3, -0.25) is 0 Å². The lowest BCUT2D eigenvalue weighted by Crippen LogP contribution is -2.39. The molecule has 1 N–H and O–H groups in total. The molecule has 2 fully saturated rings. The van der Waals surface area contributed by atoms with Crippen LogP contribution in [0.15, 0.2) is 33.9 Å². The lowest BCUT2D eigenvalue weighted by molar-refractivity contribution is -0.148. The molecule has 9 nitrogen and oxygen atoms in total. The van der Waals surface area contributed by atoms with E-state index in [1.807, 2.05) is 6.92 Å². The second-order valence-electron chi connectivity index (χ2n) is 9.10. The second kappa shape index (κ2) is 9.01. The molecule has 188 valence electrons. The first-order valence-corrected chi connectivity index (χ1v) is 13.1. The molecule has 2 unspecified atom stereocenters. The number of hydrogen-bond acceptors (Lipinski definition) is 7. The minimum absolute atomic E-state index is 0.136. The standard InChI is InChI=1S/C22H25F3N6O3S/c1-2-13-10-15(19-27-20(34-29-19)14-6-7-14)8-9-18(13)35(32,33)30-16-4-3-5-17(11-16)31-12-26-28-21(31)22(23,24)25/h8-10,12,14,16-17,30H,2-7,11H2,1H3. The number of halogens is 3. The third-order valence-electron chi connectivity index (χ3n) is 6.55. The van der Waals surface area contributed by atoms with Gasteiger partial charge in [-0.25, -0.2) is 13.1 Å². The molecule has 0 saturated heterocycles. The molecule has 3 aromatic rings. The fraction of sp³-hybridized carbons (Fsp3) is 0.545. The number of sulfonamides is 1. The molecule has 2 aliphatic rings. The summed E-state index contributed by atoms with van der Waals surface area (Å²) < 4.78 is 75.4.